The van der Waals surface area contributed by atoms with Crippen molar-refractivity contribution in [3.8, 4) is 0 Å². The number of aromatic nitrogens is 2. The predicted octanol–water partition coefficient (Wildman–Crippen LogP) is 3.07. The zero-order valence-electron chi connectivity index (χ0n) is 8.29. The quantitative estimate of drug-likeness (QED) is 0.793. The van der Waals surface area contributed by atoms with Crippen LogP contribution in [0.25, 0.3) is 4.96 Å². The van der Waals surface area contributed by atoms with Crippen LogP contribution in [0.5, 0.6) is 0 Å². The smallest absolute Gasteiger partial charge is 0.194 e. The molecular formula is C10H9N3S3. The molecule has 0 spiro atoms. The molecule has 0 saturated heterocycles. The minimum absolute atomic E-state index is 0.519. The van der Waals surface area contributed by atoms with Crippen molar-refractivity contribution in [3.05, 3.63) is 34.8 Å². The van der Waals surface area contributed by atoms with Gasteiger partial charge in [0.1, 0.15) is 5.03 Å². The first kappa shape index (κ1) is 10.3. The molecule has 0 aliphatic rings. The predicted molar refractivity (Wildman–Crippen MR) is 69.4 cm³/mol. The van der Waals surface area contributed by atoms with Crippen molar-refractivity contribution in [1.82, 2.24) is 9.38 Å². The fourth-order valence-electron chi connectivity index (χ4n) is 1.50. The van der Waals surface area contributed by atoms with Crippen molar-refractivity contribution < 1.29 is 0 Å². The van der Waals surface area contributed by atoms with Crippen LogP contribution in [0.15, 0.2) is 38.3 Å². The molecule has 3 aromatic heterocycles. The maximum atomic E-state index is 5.78. The van der Waals surface area contributed by atoms with Crippen molar-refractivity contribution >= 4 is 39.4 Å². The first-order valence-corrected chi connectivity index (χ1v) is 7.32. The summed E-state index contributed by atoms with van der Waals surface area (Å²) in [6, 6.07) is 4.15. The second-order valence-corrected chi connectivity index (χ2v) is 6.27. The summed E-state index contributed by atoms with van der Waals surface area (Å²) in [5.41, 5.74) is 6.88. The van der Waals surface area contributed by atoms with Gasteiger partial charge in [0.25, 0.3) is 0 Å². The van der Waals surface area contributed by atoms with E-state index in [4.69, 9.17) is 5.73 Å². The van der Waals surface area contributed by atoms with Gasteiger partial charge in [0.05, 0.1) is 9.90 Å². The number of hydrogen-bond donors (Lipinski definition) is 1. The van der Waals surface area contributed by atoms with Gasteiger partial charge < -0.3 is 5.73 Å². The summed E-state index contributed by atoms with van der Waals surface area (Å²) in [6.45, 7) is 0.519. The third-order valence-electron chi connectivity index (χ3n) is 2.21. The van der Waals surface area contributed by atoms with Gasteiger partial charge in [-0.05, 0) is 11.4 Å². The Balaban J connectivity index is 2.05. The maximum absolute atomic E-state index is 5.78. The number of nitrogens with two attached hydrogens (primary N) is 1. The van der Waals surface area contributed by atoms with Crippen LogP contribution in [0.4, 0.5) is 0 Å². The lowest BCUT2D eigenvalue weighted by atomic mass is 10.5. The van der Waals surface area contributed by atoms with Gasteiger partial charge in [-0.25, -0.2) is 4.98 Å². The van der Waals surface area contributed by atoms with Gasteiger partial charge in [0.15, 0.2) is 4.96 Å². The first-order valence-electron chi connectivity index (χ1n) is 4.74. The Morgan fingerprint density at radius 3 is 3.06 bits per heavy atom. The van der Waals surface area contributed by atoms with E-state index in [1.807, 2.05) is 17.6 Å². The molecule has 0 aliphatic carbocycles. The highest BCUT2D eigenvalue weighted by Crippen LogP contribution is 2.34. The second-order valence-electron chi connectivity index (χ2n) is 3.16. The summed E-state index contributed by atoms with van der Waals surface area (Å²) < 4.78 is 3.32. The molecule has 3 nitrogen and oxygen atoms in total. The summed E-state index contributed by atoms with van der Waals surface area (Å²) in [5, 5.41) is 5.13. The van der Waals surface area contributed by atoms with E-state index in [1.54, 1.807) is 34.4 Å². The standard InChI is InChI=1S/C10H9N3S3/c11-6-7-9(16-8-2-1-4-14-8)12-10-13(7)3-5-15-10/h1-5H,6,11H2. The van der Waals surface area contributed by atoms with Crippen LogP contribution in [0.2, 0.25) is 0 Å². The average Bonchev–Trinajstić information content (AvgIpc) is 2.93. The normalized spacial score (nSPS) is 11.3. The summed E-state index contributed by atoms with van der Waals surface area (Å²) in [5.74, 6) is 0. The summed E-state index contributed by atoms with van der Waals surface area (Å²) in [6.07, 6.45) is 2.02. The van der Waals surface area contributed by atoms with Gasteiger partial charge in [0, 0.05) is 18.1 Å². The molecule has 0 amide bonds. The first-order chi connectivity index (χ1) is 7.88. The minimum atomic E-state index is 0.519. The lowest BCUT2D eigenvalue weighted by Gasteiger charge is -1.98. The van der Waals surface area contributed by atoms with Gasteiger partial charge in [-0.3, -0.25) is 4.40 Å². The van der Waals surface area contributed by atoms with Crippen LogP contribution in [0.1, 0.15) is 5.69 Å². The summed E-state index contributed by atoms with van der Waals surface area (Å²) >= 11 is 5.05. The lowest BCUT2D eigenvalue weighted by Crippen LogP contribution is -2.00. The zero-order chi connectivity index (χ0) is 11.0. The Kier molecular flexibility index (Phi) is 2.72. The topological polar surface area (TPSA) is 43.3 Å². The fraction of sp³-hybridized carbons (Fsp3) is 0.100. The average molecular weight is 267 g/mol. The van der Waals surface area contributed by atoms with Gasteiger partial charge in [-0.15, -0.1) is 22.7 Å². The van der Waals surface area contributed by atoms with E-state index in [-0.39, 0.29) is 0 Å². The molecule has 0 bridgehead atoms. The van der Waals surface area contributed by atoms with Crippen molar-refractivity contribution in [2.75, 3.05) is 0 Å². The summed E-state index contributed by atoms with van der Waals surface area (Å²) in [4.78, 5) is 5.60. The van der Waals surface area contributed by atoms with Gasteiger partial charge >= 0.3 is 0 Å². The third-order valence-corrected chi connectivity index (χ3v) is 5.02. The van der Waals surface area contributed by atoms with Crippen molar-refractivity contribution in [3.63, 3.8) is 0 Å². The van der Waals surface area contributed by atoms with Crippen LogP contribution in [0, 0.1) is 0 Å². The van der Waals surface area contributed by atoms with E-state index in [2.05, 4.69) is 20.8 Å². The molecule has 3 rings (SSSR count). The molecule has 2 N–H and O–H groups in total. The molecule has 6 heteroatoms. The number of rotatable bonds is 3. The van der Waals surface area contributed by atoms with Crippen molar-refractivity contribution in [2.45, 2.75) is 15.8 Å². The Morgan fingerprint density at radius 1 is 1.38 bits per heavy atom. The number of imidazole rings is 1. The van der Waals surface area contributed by atoms with Crippen LogP contribution in [0.3, 0.4) is 0 Å². The number of thiophene rings is 1. The van der Waals surface area contributed by atoms with Crippen LogP contribution in [-0.4, -0.2) is 9.38 Å². The highest BCUT2D eigenvalue weighted by atomic mass is 32.2. The number of fused-ring (bicyclic) bond motifs is 1. The monoisotopic (exact) mass is 267 g/mol. The number of nitrogens with zero attached hydrogens (tertiary/aromatic N) is 2. The second kappa shape index (κ2) is 4.21. The highest BCUT2D eigenvalue weighted by Gasteiger charge is 2.13. The lowest BCUT2D eigenvalue weighted by molar-refractivity contribution is 0.925. The SMILES string of the molecule is NCc1c(Sc2cccs2)nc2sccn12. The third kappa shape index (κ3) is 1.67. The summed E-state index contributed by atoms with van der Waals surface area (Å²) in [7, 11) is 0. The molecular weight excluding hydrogens is 258 g/mol. The van der Waals surface area contributed by atoms with E-state index in [1.165, 1.54) is 4.21 Å². The van der Waals surface area contributed by atoms with E-state index in [0.717, 1.165) is 15.7 Å². The van der Waals surface area contributed by atoms with Crippen LogP contribution in [-0.2, 0) is 6.54 Å². The largest absolute Gasteiger partial charge is 0.325 e. The van der Waals surface area contributed by atoms with E-state index in [9.17, 15) is 0 Å². The molecule has 16 heavy (non-hydrogen) atoms. The maximum Gasteiger partial charge on any atom is 0.194 e. The molecule has 0 saturated carbocycles. The molecule has 0 radical (unpaired) electrons. The molecule has 3 heterocycles. The number of hydrogen-bond acceptors (Lipinski definition) is 5. The Labute approximate surface area is 105 Å². The Bertz CT molecular complexity index is 594. The molecule has 0 unspecified atom stereocenters. The highest BCUT2D eigenvalue weighted by molar-refractivity contribution is 8.01. The molecule has 3 aromatic rings. The van der Waals surface area contributed by atoms with E-state index in [0.29, 0.717) is 6.54 Å². The molecule has 0 aliphatic heterocycles. The molecule has 0 aromatic carbocycles. The Morgan fingerprint density at radius 2 is 2.31 bits per heavy atom. The molecule has 82 valence electrons. The molecule has 0 atom stereocenters. The van der Waals surface area contributed by atoms with Crippen molar-refractivity contribution in [1.29, 1.82) is 0 Å². The van der Waals surface area contributed by atoms with E-state index < -0.39 is 0 Å². The fourth-order valence-corrected chi connectivity index (χ4v) is 4.10. The minimum Gasteiger partial charge on any atom is -0.325 e. The van der Waals surface area contributed by atoms with E-state index >= 15 is 0 Å². The van der Waals surface area contributed by atoms with Crippen LogP contribution >= 0.6 is 34.4 Å². The Hall–Kier alpha value is -0.820. The van der Waals surface area contributed by atoms with Gasteiger partial charge in [0.2, 0.25) is 0 Å². The van der Waals surface area contributed by atoms with Crippen LogP contribution < -0.4 is 5.73 Å². The van der Waals surface area contributed by atoms with Gasteiger partial charge in [-0.1, -0.05) is 17.8 Å². The zero-order valence-corrected chi connectivity index (χ0v) is 10.7. The van der Waals surface area contributed by atoms with Crippen molar-refractivity contribution in [2.24, 2.45) is 5.73 Å². The molecule has 0 fully saturated rings. The number of thiazole rings is 1. The van der Waals surface area contributed by atoms with Gasteiger partial charge in [-0.2, -0.15) is 0 Å².